The Labute approximate surface area is 207 Å². The van der Waals surface area contributed by atoms with Gasteiger partial charge < -0.3 is 10.1 Å². The minimum absolute atomic E-state index is 0.0370. The number of fused-ring (bicyclic) bond motifs is 1. The first-order chi connectivity index (χ1) is 16.1. The van der Waals surface area contributed by atoms with Crippen LogP contribution < -0.4 is 5.32 Å². The Kier molecular flexibility index (Phi) is 6.45. The first kappa shape index (κ1) is 23.9. The summed E-state index contributed by atoms with van der Waals surface area (Å²) in [5.41, 5.74) is -0.958. The highest BCUT2D eigenvalue weighted by atomic mass is 79.9. The molecule has 2 aromatic carbocycles. The number of hydrogen-bond donors (Lipinski definition) is 1. The molecule has 4 aromatic rings. The molecule has 0 saturated carbocycles. The summed E-state index contributed by atoms with van der Waals surface area (Å²) in [6.45, 7) is 0. The van der Waals surface area contributed by atoms with Crippen LogP contribution in [0.25, 0.3) is 16.9 Å². The van der Waals surface area contributed by atoms with Crippen molar-refractivity contribution in [2.45, 2.75) is 6.18 Å². The van der Waals surface area contributed by atoms with Gasteiger partial charge in [0, 0.05) is 10.0 Å². The van der Waals surface area contributed by atoms with E-state index in [1.165, 1.54) is 19.2 Å². The quantitative estimate of drug-likeness (QED) is 0.293. The fourth-order valence-corrected chi connectivity index (χ4v) is 3.95. The van der Waals surface area contributed by atoms with Crippen LogP contribution in [0.4, 0.5) is 18.9 Å². The number of methoxy groups -OCH3 is 1. The maximum atomic E-state index is 13.9. The van der Waals surface area contributed by atoms with Crippen molar-refractivity contribution >= 4 is 55.1 Å². The molecule has 4 rings (SSSR count). The fourth-order valence-electron chi connectivity index (χ4n) is 3.17. The number of benzene rings is 2. The van der Waals surface area contributed by atoms with Gasteiger partial charge in [-0.3, -0.25) is 4.79 Å². The van der Waals surface area contributed by atoms with Crippen molar-refractivity contribution in [2.75, 3.05) is 12.4 Å². The molecule has 2 heterocycles. The molecule has 34 heavy (non-hydrogen) atoms. The maximum absolute atomic E-state index is 13.9. The second-order valence-corrected chi connectivity index (χ2v) is 8.63. The number of hydrogen-bond acceptors (Lipinski definition) is 5. The lowest BCUT2D eigenvalue weighted by Gasteiger charge is -2.11. The Hall–Kier alpha value is -3.25. The third kappa shape index (κ3) is 4.55. The van der Waals surface area contributed by atoms with Gasteiger partial charge in [0.15, 0.2) is 17.0 Å². The number of rotatable bonds is 4. The van der Waals surface area contributed by atoms with Gasteiger partial charge in [-0.05, 0) is 46.3 Å². The summed E-state index contributed by atoms with van der Waals surface area (Å²) in [6, 6.07) is 13.5. The van der Waals surface area contributed by atoms with Gasteiger partial charge in [0.05, 0.1) is 28.5 Å². The van der Waals surface area contributed by atoms with Crippen LogP contribution in [0.1, 0.15) is 26.5 Å². The lowest BCUT2D eigenvalue weighted by atomic mass is 10.1. The summed E-state index contributed by atoms with van der Waals surface area (Å²) in [5, 5.41) is 6.36. The molecular formula is C22H13Br2F3N4O3. The molecule has 0 bridgehead atoms. The van der Waals surface area contributed by atoms with E-state index in [0.717, 1.165) is 10.5 Å². The average molecular weight is 598 g/mol. The summed E-state index contributed by atoms with van der Waals surface area (Å²) in [6.07, 6.45) is -4.78. The van der Waals surface area contributed by atoms with Crippen molar-refractivity contribution in [3.05, 3.63) is 80.5 Å². The van der Waals surface area contributed by atoms with Gasteiger partial charge >= 0.3 is 12.1 Å². The lowest BCUT2D eigenvalue weighted by Crippen LogP contribution is -2.17. The minimum atomic E-state index is -4.78. The summed E-state index contributed by atoms with van der Waals surface area (Å²) in [5.74, 6) is -1.53. The molecule has 0 unspecified atom stereocenters. The van der Waals surface area contributed by atoms with Gasteiger partial charge in [-0.1, -0.05) is 40.2 Å². The number of nitrogens with zero attached hydrogens (tertiary/aromatic N) is 3. The van der Waals surface area contributed by atoms with Crippen LogP contribution >= 0.6 is 31.9 Å². The van der Waals surface area contributed by atoms with E-state index in [4.69, 9.17) is 4.74 Å². The zero-order valence-electron chi connectivity index (χ0n) is 17.2. The number of anilines is 1. The Morgan fingerprint density at radius 3 is 2.38 bits per heavy atom. The summed E-state index contributed by atoms with van der Waals surface area (Å²) in [4.78, 5) is 29.2. The van der Waals surface area contributed by atoms with E-state index >= 15 is 0 Å². The number of alkyl halides is 3. The van der Waals surface area contributed by atoms with Crippen LogP contribution in [-0.4, -0.2) is 33.6 Å². The highest BCUT2D eigenvalue weighted by molar-refractivity contribution is 9.11. The van der Waals surface area contributed by atoms with Crippen LogP contribution in [0.3, 0.4) is 0 Å². The predicted molar refractivity (Wildman–Crippen MR) is 125 cm³/mol. The number of ether oxygens (including phenoxy) is 1. The monoisotopic (exact) mass is 596 g/mol. The molecule has 2 aromatic heterocycles. The first-order valence-electron chi connectivity index (χ1n) is 9.51. The SMILES string of the molecule is COC(=O)c1ccccc1NC(=O)c1nn2c(C(F)(F)F)cc(-c3ccc(Br)cc3)nc2c1Br. The number of aromatic nitrogens is 3. The number of nitrogens with one attached hydrogen (secondary N) is 1. The molecule has 0 aliphatic heterocycles. The van der Waals surface area contributed by atoms with Crippen molar-refractivity contribution in [3.63, 3.8) is 0 Å². The van der Waals surface area contributed by atoms with Crippen molar-refractivity contribution in [1.29, 1.82) is 0 Å². The average Bonchev–Trinajstić information content (AvgIpc) is 3.14. The smallest absolute Gasteiger partial charge is 0.433 e. The molecule has 0 saturated heterocycles. The molecule has 0 aliphatic rings. The molecule has 1 amide bonds. The second kappa shape index (κ2) is 9.18. The largest absolute Gasteiger partial charge is 0.465 e. The number of carbonyl (C=O) groups is 2. The summed E-state index contributed by atoms with van der Waals surface area (Å²) >= 11 is 6.46. The molecular weight excluding hydrogens is 585 g/mol. The Morgan fingerprint density at radius 1 is 1.06 bits per heavy atom. The minimum Gasteiger partial charge on any atom is -0.465 e. The van der Waals surface area contributed by atoms with E-state index in [0.29, 0.717) is 10.1 Å². The molecule has 7 nitrogen and oxygen atoms in total. The Bertz CT molecular complexity index is 1420. The maximum Gasteiger partial charge on any atom is 0.433 e. The molecule has 0 radical (unpaired) electrons. The van der Waals surface area contributed by atoms with Gasteiger partial charge in [0.1, 0.15) is 0 Å². The van der Waals surface area contributed by atoms with Gasteiger partial charge in [0.2, 0.25) is 0 Å². The zero-order chi connectivity index (χ0) is 24.6. The zero-order valence-corrected chi connectivity index (χ0v) is 20.3. The van der Waals surface area contributed by atoms with E-state index in [9.17, 15) is 22.8 Å². The molecule has 0 atom stereocenters. The topological polar surface area (TPSA) is 85.6 Å². The van der Waals surface area contributed by atoms with E-state index in [1.807, 2.05) is 0 Å². The molecule has 0 aliphatic carbocycles. The first-order valence-corrected chi connectivity index (χ1v) is 11.1. The van der Waals surface area contributed by atoms with E-state index in [1.54, 1.807) is 36.4 Å². The van der Waals surface area contributed by atoms with E-state index in [-0.39, 0.29) is 32.8 Å². The normalized spacial score (nSPS) is 11.5. The van der Waals surface area contributed by atoms with E-state index in [2.05, 4.69) is 47.3 Å². The molecule has 0 fully saturated rings. The third-order valence-corrected chi connectivity index (χ3v) is 6.02. The van der Waals surface area contributed by atoms with Crippen molar-refractivity contribution < 1.29 is 27.5 Å². The number of carbonyl (C=O) groups excluding carboxylic acids is 2. The third-order valence-electron chi connectivity index (χ3n) is 4.76. The van der Waals surface area contributed by atoms with Crippen molar-refractivity contribution in [2.24, 2.45) is 0 Å². The Morgan fingerprint density at radius 2 is 1.74 bits per heavy atom. The molecule has 0 spiro atoms. The van der Waals surface area contributed by atoms with E-state index < -0.39 is 23.7 Å². The summed E-state index contributed by atoms with van der Waals surface area (Å²) in [7, 11) is 1.19. The van der Waals surface area contributed by atoms with Crippen LogP contribution in [0.2, 0.25) is 0 Å². The van der Waals surface area contributed by atoms with Crippen molar-refractivity contribution in [3.8, 4) is 11.3 Å². The predicted octanol–water partition coefficient (Wildman–Crippen LogP) is 5.98. The number of halogens is 5. The number of esters is 1. The van der Waals surface area contributed by atoms with Gasteiger partial charge in [-0.15, -0.1) is 0 Å². The van der Waals surface area contributed by atoms with Crippen LogP contribution in [0.15, 0.2) is 63.5 Å². The lowest BCUT2D eigenvalue weighted by molar-refractivity contribution is -0.142. The highest BCUT2D eigenvalue weighted by Gasteiger charge is 2.36. The molecule has 1 N–H and O–H groups in total. The number of para-hydroxylation sites is 1. The second-order valence-electron chi connectivity index (χ2n) is 6.92. The number of amides is 1. The summed E-state index contributed by atoms with van der Waals surface area (Å²) < 4.78 is 47.6. The van der Waals surface area contributed by atoms with Crippen molar-refractivity contribution in [1.82, 2.24) is 14.6 Å². The van der Waals surface area contributed by atoms with Crippen LogP contribution in [-0.2, 0) is 10.9 Å². The van der Waals surface area contributed by atoms with Gasteiger partial charge in [0.25, 0.3) is 5.91 Å². The van der Waals surface area contributed by atoms with Crippen LogP contribution in [0.5, 0.6) is 0 Å². The van der Waals surface area contributed by atoms with Crippen LogP contribution in [0, 0.1) is 0 Å². The standard InChI is InChI=1S/C22H13Br2F3N4O3/c1-34-21(33)13-4-2-3-5-14(13)29-20(32)18-17(24)19-28-15(11-6-8-12(23)9-7-11)10-16(22(25,26)27)31(19)30-18/h2-10H,1H3,(H,29,32). The molecule has 174 valence electrons. The highest BCUT2D eigenvalue weighted by Crippen LogP contribution is 2.35. The molecule has 12 heteroatoms. The fraction of sp³-hybridized carbons (Fsp3) is 0.0909. The van der Waals surface area contributed by atoms with Gasteiger partial charge in [-0.25, -0.2) is 14.3 Å². The Balaban J connectivity index is 1.83. The van der Waals surface area contributed by atoms with Gasteiger partial charge in [-0.2, -0.15) is 18.3 Å².